The van der Waals surface area contributed by atoms with Gasteiger partial charge >= 0.3 is 5.97 Å². The molecule has 1 aliphatic rings. The Morgan fingerprint density at radius 2 is 1.73 bits per heavy atom. The molecule has 1 saturated heterocycles. The van der Waals surface area contributed by atoms with Crippen molar-refractivity contribution in [2.24, 2.45) is 0 Å². The number of hydrogen-bond donors (Lipinski definition) is 0. The van der Waals surface area contributed by atoms with Crippen molar-refractivity contribution in [2.45, 2.75) is 65.9 Å². The second-order valence-electron chi connectivity index (χ2n) is 9.85. The van der Waals surface area contributed by atoms with E-state index < -0.39 is 12.7 Å². The minimum Gasteiger partial charge on any atom is -0.459 e. The molecule has 37 heavy (non-hydrogen) atoms. The zero-order valence-corrected chi connectivity index (χ0v) is 22.0. The number of hydrogen-bond acceptors (Lipinski definition) is 5. The van der Waals surface area contributed by atoms with Gasteiger partial charge in [-0.1, -0.05) is 6.92 Å². The van der Waals surface area contributed by atoms with E-state index in [-0.39, 0.29) is 31.2 Å². The van der Waals surface area contributed by atoms with Crippen LogP contribution in [-0.4, -0.2) is 70.2 Å². The van der Waals surface area contributed by atoms with Gasteiger partial charge in [0.2, 0.25) is 6.30 Å². The van der Waals surface area contributed by atoms with Crippen LogP contribution in [0.4, 0.5) is 13.2 Å². The average molecular weight is 517 g/mol. The Morgan fingerprint density at radius 1 is 1.05 bits per heavy atom. The van der Waals surface area contributed by atoms with Crippen LogP contribution in [0.15, 0.2) is 36.7 Å². The summed E-state index contributed by atoms with van der Waals surface area (Å²) in [6, 6.07) is 7.78. The van der Waals surface area contributed by atoms with E-state index in [1.54, 1.807) is 6.20 Å². The summed E-state index contributed by atoms with van der Waals surface area (Å²) < 4.78 is 47.3. The second-order valence-corrected chi connectivity index (χ2v) is 9.85. The number of alkyl halides is 3. The fourth-order valence-electron chi connectivity index (χ4n) is 5.16. The van der Waals surface area contributed by atoms with Crippen LogP contribution in [0.5, 0.6) is 0 Å². The van der Waals surface area contributed by atoms with Crippen LogP contribution < -0.4 is 0 Å². The number of pyridine rings is 2. The molecule has 0 saturated carbocycles. The fraction of sp³-hybridized carbons (Fsp3) is 0.500. The number of esters is 1. The first-order chi connectivity index (χ1) is 17.6. The molecule has 0 bridgehead atoms. The summed E-state index contributed by atoms with van der Waals surface area (Å²) in [7, 11) is 0. The maximum atomic E-state index is 13.9. The Hall–Kier alpha value is -2.91. The summed E-state index contributed by atoms with van der Waals surface area (Å²) in [5.41, 5.74) is 6.05. The van der Waals surface area contributed by atoms with Gasteiger partial charge in [0.05, 0.1) is 17.2 Å². The van der Waals surface area contributed by atoms with Crippen molar-refractivity contribution in [1.82, 2.24) is 19.2 Å². The topological polar surface area (TPSA) is 50.1 Å². The van der Waals surface area contributed by atoms with Crippen LogP contribution in [0, 0.1) is 6.92 Å². The molecule has 0 aliphatic carbocycles. The van der Waals surface area contributed by atoms with Gasteiger partial charge < -0.3 is 9.14 Å². The molecule has 4 rings (SSSR count). The van der Waals surface area contributed by atoms with Crippen molar-refractivity contribution >= 4 is 11.5 Å². The summed E-state index contributed by atoms with van der Waals surface area (Å²) in [4.78, 5) is 20.9. The van der Waals surface area contributed by atoms with Gasteiger partial charge in [0.15, 0.2) is 0 Å². The van der Waals surface area contributed by atoms with E-state index in [2.05, 4.69) is 27.3 Å². The molecule has 3 aromatic heterocycles. The molecule has 0 radical (unpaired) electrons. The van der Waals surface area contributed by atoms with E-state index in [9.17, 15) is 18.0 Å². The van der Waals surface area contributed by atoms with Crippen LogP contribution in [0.25, 0.3) is 16.6 Å². The molecule has 9 heteroatoms. The van der Waals surface area contributed by atoms with Gasteiger partial charge in [0.25, 0.3) is 6.43 Å². The number of rotatable bonds is 8. The molecule has 0 amide bonds. The van der Waals surface area contributed by atoms with Crippen LogP contribution in [0.3, 0.4) is 0 Å². The first-order valence-corrected chi connectivity index (χ1v) is 12.8. The van der Waals surface area contributed by atoms with Crippen LogP contribution >= 0.6 is 0 Å². The molecule has 2 unspecified atom stereocenters. The number of fused-ring (bicyclic) bond motifs is 1. The third-order valence-corrected chi connectivity index (χ3v) is 7.16. The van der Waals surface area contributed by atoms with Crippen molar-refractivity contribution in [3.63, 3.8) is 0 Å². The highest BCUT2D eigenvalue weighted by molar-refractivity contribution is 5.95. The second kappa shape index (κ2) is 11.2. The Bertz CT molecular complexity index is 1250. The van der Waals surface area contributed by atoms with E-state index in [1.807, 2.05) is 52.1 Å². The van der Waals surface area contributed by atoms with Crippen molar-refractivity contribution in [2.75, 3.05) is 26.2 Å². The molecule has 0 aromatic carbocycles. The Morgan fingerprint density at radius 3 is 2.35 bits per heavy atom. The lowest BCUT2D eigenvalue weighted by Gasteiger charge is -2.39. The standard InChI is InChI=1S/C28H35F3N4O2/c1-6-21-15-20(7-9-32-21)22-8-10-35-24(22)16-23(28(36)37-17(2)3)18(4)25(35)19(5)33-11-13-34(14-12-33)27(31)26(29)30/h7-10,15-17,19,26-27H,6,11-14H2,1-5H3. The third-order valence-electron chi connectivity index (χ3n) is 7.16. The average Bonchev–Trinajstić information content (AvgIpc) is 3.30. The molecule has 200 valence electrons. The first kappa shape index (κ1) is 27.1. The lowest BCUT2D eigenvalue weighted by Crippen LogP contribution is -2.51. The highest BCUT2D eigenvalue weighted by Gasteiger charge is 2.33. The van der Waals surface area contributed by atoms with Crippen LogP contribution in [0.2, 0.25) is 0 Å². The van der Waals surface area contributed by atoms with Crippen LogP contribution in [-0.2, 0) is 11.2 Å². The molecular weight excluding hydrogens is 481 g/mol. The smallest absolute Gasteiger partial charge is 0.338 e. The highest BCUT2D eigenvalue weighted by atomic mass is 19.3. The van der Waals surface area contributed by atoms with Crippen molar-refractivity contribution in [3.05, 3.63) is 59.2 Å². The number of piperazine rings is 1. The fourth-order valence-corrected chi connectivity index (χ4v) is 5.16. The number of carbonyl (C=O) groups excluding carboxylic acids is 1. The number of nitrogens with zero attached hydrogens (tertiary/aromatic N) is 4. The predicted molar refractivity (Wildman–Crippen MR) is 138 cm³/mol. The van der Waals surface area contributed by atoms with Crippen LogP contribution in [0.1, 0.15) is 61.0 Å². The Balaban J connectivity index is 1.78. The highest BCUT2D eigenvalue weighted by Crippen LogP contribution is 2.34. The molecule has 0 N–H and O–H groups in total. The molecule has 4 heterocycles. The monoisotopic (exact) mass is 516 g/mol. The maximum absolute atomic E-state index is 13.9. The summed E-state index contributed by atoms with van der Waals surface area (Å²) in [5, 5.41) is 0. The first-order valence-electron chi connectivity index (χ1n) is 12.8. The van der Waals surface area contributed by atoms with Gasteiger partial charge in [-0.05, 0) is 69.5 Å². The van der Waals surface area contributed by atoms with Gasteiger partial charge in [0, 0.05) is 61.6 Å². The number of halogens is 3. The lowest BCUT2D eigenvalue weighted by atomic mass is 9.99. The van der Waals surface area contributed by atoms with Crippen molar-refractivity contribution < 1.29 is 22.7 Å². The zero-order valence-electron chi connectivity index (χ0n) is 22.0. The minimum atomic E-state index is -3.02. The molecule has 2 atom stereocenters. The molecule has 3 aromatic rings. The third kappa shape index (κ3) is 5.52. The summed E-state index contributed by atoms with van der Waals surface area (Å²) in [6.45, 7) is 10.9. The van der Waals surface area contributed by atoms with Gasteiger partial charge in [0.1, 0.15) is 0 Å². The normalized spacial score (nSPS) is 17.0. The number of carbonyl (C=O) groups is 1. The van der Waals surface area contributed by atoms with E-state index in [0.717, 1.165) is 40.0 Å². The Kier molecular flexibility index (Phi) is 8.23. The largest absolute Gasteiger partial charge is 0.459 e. The quantitative estimate of drug-likeness (QED) is 0.285. The lowest BCUT2D eigenvalue weighted by molar-refractivity contribution is -0.0688. The van der Waals surface area contributed by atoms with Gasteiger partial charge in [-0.25, -0.2) is 18.0 Å². The van der Waals surface area contributed by atoms with Gasteiger partial charge in [-0.3, -0.25) is 14.8 Å². The van der Waals surface area contributed by atoms with Crippen molar-refractivity contribution in [3.8, 4) is 11.1 Å². The Labute approximate surface area is 216 Å². The van der Waals surface area contributed by atoms with E-state index >= 15 is 0 Å². The molecular formula is C28H35F3N4O2. The number of aryl methyl sites for hydroxylation is 1. The van der Waals surface area contributed by atoms with Crippen molar-refractivity contribution in [1.29, 1.82) is 0 Å². The van der Waals surface area contributed by atoms with Gasteiger partial charge in [-0.15, -0.1) is 0 Å². The minimum absolute atomic E-state index is 0.148. The maximum Gasteiger partial charge on any atom is 0.338 e. The summed E-state index contributed by atoms with van der Waals surface area (Å²) in [5.74, 6) is -0.387. The van der Waals surface area contributed by atoms with E-state index in [4.69, 9.17) is 4.74 Å². The molecule has 1 aliphatic heterocycles. The van der Waals surface area contributed by atoms with E-state index in [1.165, 1.54) is 4.90 Å². The number of ether oxygens (including phenoxy) is 1. The molecule has 6 nitrogen and oxygen atoms in total. The zero-order chi connectivity index (χ0) is 26.9. The summed E-state index contributed by atoms with van der Waals surface area (Å²) >= 11 is 0. The number of aromatic nitrogens is 2. The molecule has 1 fully saturated rings. The SMILES string of the molecule is CCc1cc(-c2ccn3c(C(C)N4CCN(C(F)C(F)F)CC4)c(C)c(C(=O)OC(C)C)cc23)ccn1. The summed E-state index contributed by atoms with van der Waals surface area (Å²) in [6.07, 6.45) is -0.934. The predicted octanol–water partition coefficient (Wildman–Crippen LogP) is 5.68. The van der Waals surface area contributed by atoms with E-state index in [0.29, 0.717) is 18.7 Å². The van der Waals surface area contributed by atoms with Gasteiger partial charge in [-0.2, -0.15) is 0 Å². The molecule has 0 spiro atoms.